The summed E-state index contributed by atoms with van der Waals surface area (Å²) in [7, 11) is 2.11. The maximum atomic E-state index is 12.7. The molecular weight excluding hydrogens is 274 g/mol. The minimum absolute atomic E-state index is 0.157. The van der Waals surface area contributed by atoms with E-state index in [0.717, 1.165) is 42.9 Å². The number of pyridine rings is 1. The molecule has 1 aliphatic heterocycles. The molecule has 3 rings (SSSR count). The molecule has 1 fully saturated rings. The quantitative estimate of drug-likeness (QED) is 0.879. The van der Waals surface area contributed by atoms with Crippen molar-refractivity contribution in [3.8, 4) is 0 Å². The Morgan fingerprint density at radius 3 is 2.68 bits per heavy atom. The fourth-order valence-electron chi connectivity index (χ4n) is 2.86. The second-order valence-electron chi connectivity index (χ2n) is 5.89. The molecule has 0 spiro atoms. The van der Waals surface area contributed by atoms with Crippen molar-refractivity contribution in [2.24, 2.45) is 5.92 Å². The number of hydrogen-bond donors (Lipinski definition) is 1. The number of rotatable bonds is 4. The van der Waals surface area contributed by atoms with Crippen molar-refractivity contribution in [3.05, 3.63) is 54.4 Å². The molecule has 1 aliphatic rings. The summed E-state index contributed by atoms with van der Waals surface area (Å²) >= 11 is 0. The normalized spacial score (nSPS) is 16.4. The van der Waals surface area contributed by atoms with Crippen LogP contribution in [-0.2, 0) is 0 Å². The van der Waals surface area contributed by atoms with Gasteiger partial charge in [-0.25, -0.2) is 0 Å². The zero-order valence-electron chi connectivity index (χ0n) is 12.8. The van der Waals surface area contributed by atoms with E-state index < -0.39 is 0 Å². The van der Waals surface area contributed by atoms with Gasteiger partial charge in [0.15, 0.2) is 5.78 Å². The molecule has 0 unspecified atom stereocenters. The molecule has 2 heterocycles. The average molecular weight is 295 g/mol. The molecule has 0 radical (unpaired) electrons. The van der Waals surface area contributed by atoms with E-state index >= 15 is 0 Å². The van der Waals surface area contributed by atoms with Gasteiger partial charge in [0.1, 0.15) is 0 Å². The lowest BCUT2D eigenvalue weighted by molar-refractivity contribution is 0.0857. The lowest BCUT2D eigenvalue weighted by Crippen LogP contribution is -2.33. The maximum absolute atomic E-state index is 12.7. The molecule has 0 atom stereocenters. The molecule has 1 aromatic heterocycles. The third-order valence-electron chi connectivity index (χ3n) is 4.19. The van der Waals surface area contributed by atoms with Crippen molar-refractivity contribution in [3.63, 3.8) is 0 Å². The largest absolute Gasteiger partial charge is 0.354 e. The third kappa shape index (κ3) is 3.52. The molecule has 22 heavy (non-hydrogen) atoms. The van der Waals surface area contributed by atoms with Crippen LogP contribution in [0, 0.1) is 5.92 Å². The SMILES string of the molecule is CN1CCC(C(=O)c2cccc(Nc3cccnc3)c2)CC1. The summed E-state index contributed by atoms with van der Waals surface area (Å²) in [6.45, 7) is 2.01. The predicted molar refractivity (Wildman–Crippen MR) is 88.5 cm³/mol. The molecule has 114 valence electrons. The van der Waals surface area contributed by atoms with Gasteiger partial charge in [0, 0.05) is 23.4 Å². The number of anilines is 2. The van der Waals surface area contributed by atoms with Crippen molar-refractivity contribution in [2.75, 3.05) is 25.5 Å². The first kappa shape index (κ1) is 14.7. The van der Waals surface area contributed by atoms with Gasteiger partial charge in [0.25, 0.3) is 0 Å². The van der Waals surface area contributed by atoms with Gasteiger partial charge in [-0.1, -0.05) is 12.1 Å². The highest BCUT2D eigenvalue weighted by Crippen LogP contribution is 2.23. The van der Waals surface area contributed by atoms with Crippen LogP contribution < -0.4 is 5.32 Å². The number of nitrogens with zero attached hydrogens (tertiary/aromatic N) is 2. The van der Waals surface area contributed by atoms with Crippen LogP contribution in [0.4, 0.5) is 11.4 Å². The van der Waals surface area contributed by atoms with Crippen molar-refractivity contribution in [1.29, 1.82) is 0 Å². The summed E-state index contributed by atoms with van der Waals surface area (Å²) < 4.78 is 0. The highest BCUT2D eigenvalue weighted by Gasteiger charge is 2.24. The lowest BCUT2D eigenvalue weighted by Gasteiger charge is -2.28. The van der Waals surface area contributed by atoms with Crippen molar-refractivity contribution >= 4 is 17.2 Å². The van der Waals surface area contributed by atoms with Gasteiger partial charge in [0.05, 0.1) is 11.9 Å². The minimum Gasteiger partial charge on any atom is -0.354 e. The number of piperidine rings is 1. The van der Waals surface area contributed by atoms with Crippen LogP contribution in [0.5, 0.6) is 0 Å². The third-order valence-corrected chi connectivity index (χ3v) is 4.19. The Kier molecular flexibility index (Phi) is 4.49. The first-order chi connectivity index (χ1) is 10.7. The van der Waals surface area contributed by atoms with Crippen LogP contribution in [0.2, 0.25) is 0 Å². The van der Waals surface area contributed by atoms with Gasteiger partial charge < -0.3 is 10.2 Å². The van der Waals surface area contributed by atoms with Gasteiger partial charge in [0.2, 0.25) is 0 Å². The summed E-state index contributed by atoms with van der Waals surface area (Å²) in [6.07, 6.45) is 5.42. The molecule has 1 N–H and O–H groups in total. The highest BCUT2D eigenvalue weighted by molar-refractivity contribution is 5.98. The number of benzene rings is 1. The second kappa shape index (κ2) is 6.71. The number of carbonyl (C=O) groups is 1. The topological polar surface area (TPSA) is 45.2 Å². The Bertz CT molecular complexity index is 634. The molecule has 0 bridgehead atoms. The Morgan fingerprint density at radius 1 is 1.18 bits per heavy atom. The monoisotopic (exact) mass is 295 g/mol. The van der Waals surface area contributed by atoms with Crippen molar-refractivity contribution in [1.82, 2.24) is 9.88 Å². The number of hydrogen-bond acceptors (Lipinski definition) is 4. The Hall–Kier alpha value is -2.20. The number of nitrogens with one attached hydrogen (secondary N) is 1. The molecule has 1 aromatic carbocycles. The summed E-state index contributed by atoms with van der Waals surface area (Å²) in [6, 6.07) is 11.6. The molecule has 4 nitrogen and oxygen atoms in total. The van der Waals surface area contributed by atoms with Gasteiger partial charge in [-0.05, 0) is 57.2 Å². The fourth-order valence-corrected chi connectivity index (χ4v) is 2.86. The molecular formula is C18H21N3O. The Labute approximate surface area is 131 Å². The highest BCUT2D eigenvalue weighted by atomic mass is 16.1. The minimum atomic E-state index is 0.157. The van der Waals surface area contributed by atoms with E-state index in [1.54, 1.807) is 12.4 Å². The van der Waals surface area contributed by atoms with E-state index in [4.69, 9.17) is 0 Å². The van der Waals surface area contributed by atoms with Crippen LogP contribution in [0.3, 0.4) is 0 Å². The Morgan fingerprint density at radius 2 is 1.95 bits per heavy atom. The number of ketones is 1. The molecule has 2 aromatic rings. The molecule has 0 amide bonds. The van der Waals surface area contributed by atoms with Crippen LogP contribution in [0.15, 0.2) is 48.8 Å². The fraction of sp³-hybridized carbons (Fsp3) is 0.333. The predicted octanol–water partition coefficient (Wildman–Crippen LogP) is 3.35. The smallest absolute Gasteiger partial charge is 0.166 e. The second-order valence-corrected chi connectivity index (χ2v) is 5.89. The molecule has 0 aliphatic carbocycles. The maximum Gasteiger partial charge on any atom is 0.166 e. The number of carbonyl (C=O) groups excluding carboxylic acids is 1. The van der Waals surface area contributed by atoms with E-state index in [1.807, 2.05) is 36.4 Å². The standard InChI is InChI=1S/C18H21N3O/c1-21-10-7-14(8-11-21)18(22)15-4-2-5-16(12-15)20-17-6-3-9-19-13-17/h2-6,9,12-14,20H,7-8,10-11H2,1H3. The molecule has 0 saturated carbocycles. The number of aromatic nitrogens is 1. The summed E-state index contributed by atoms with van der Waals surface area (Å²) in [5, 5.41) is 3.29. The van der Waals surface area contributed by atoms with E-state index in [0.29, 0.717) is 0 Å². The van der Waals surface area contributed by atoms with Gasteiger partial charge >= 0.3 is 0 Å². The van der Waals surface area contributed by atoms with E-state index in [-0.39, 0.29) is 11.7 Å². The summed E-state index contributed by atoms with van der Waals surface area (Å²) in [5.41, 5.74) is 2.64. The molecule has 4 heteroatoms. The van der Waals surface area contributed by atoms with Crippen LogP contribution in [0.25, 0.3) is 0 Å². The van der Waals surface area contributed by atoms with Crippen molar-refractivity contribution in [2.45, 2.75) is 12.8 Å². The van der Waals surface area contributed by atoms with E-state index in [1.165, 1.54) is 0 Å². The number of likely N-dealkylation sites (tertiary alicyclic amines) is 1. The van der Waals surface area contributed by atoms with Crippen LogP contribution >= 0.6 is 0 Å². The van der Waals surface area contributed by atoms with Gasteiger partial charge in [-0.3, -0.25) is 9.78 Å². The van der Waals surface area contributed by atoms with E-state index in [2.05, 4.69) is 22.2 Å². The first-order valence-electron chi connectivity index (χ1n) is 7.72. The van der Waals surface area contributed by atoms with Gasteiger partial charge in [-0.15, -0.1) is 0 Å². The zero-order valence-corrected chi connectivity index (χ0v) is 12.8. The Balaban J connectivity index is 1.72. The van der Waals surface area contributed by atoms with Crippen molar-refractivity contribution < 1.29 is 4.79 Å². The lowest BCUT2D eigenvalue weighted by atomic mass is 9.89. The molecule has 1 saturated heterocycles. The van der Waals surface area contributed by atoms with Crippen LogP contribution in [0.1, 0.15) is 23.2 Å². The van der Waals surface area contributed by atoms with Crippen LogP contribution in [-0.4, -0.2) is 35.8 Å². The zero-order chi connectivity index (χ0) is 15.4. The van der Waals surface area contributed by atoms with E-state index in [9.17, 15) is 4.79 Å². The summed E-state index contributed by atoms with van der Waals surface area (Å²) in [4.78, 5) is 19.0. The summed E-state index contributed by atoms with van der Waals surface area (Å²) in [5.74, 6) is 0.424. The number of Topliss-reactive ketones (excluding diaryl/α,β-unsaturated/α-hetero) is 1. The first-order valence-corrected chi connectivity index (χ1v) is 7.72. The average Bonchev–Trinajstić information content (AvgIpc) is 2.56. The van der Waals surface area contributed by atoms with Gasteiger partial charge in [-0.2, -0.15) is 0 Å².